The smallest absolute Gasteiger partial charge is 0.243 e. The van der Waals surface area contributed by atoms with Gasteiger partial charge in [-0.1, -0.05) is 26.0 Å². The summed E-state index contributed by atoms with van der Waals surface area (Å²) in [7, 11) is 0. The number of carbonyl (C=O) groups excluding carboxylic acids is 3. The molecule has 1 aromatic carbocycles. The number of hydrogen-bond acceptors (Lipinski definition) is 5. The third-order valence-electron chi connectivity index (χ3n) is 5.95. The number of piperazine rings is 2. The summed E-state index contributed by atoms with van der Waals surface area (Å²) in [5.74, 6) is -0.613. The van der Waals surface area contributed by atoms with Crippen LogP contribution in [0.4, 0.5) is 5.69 Å². The van der Waals surface area contributed by atoms with E-state index >= 15 is 0 Å². The van der Waals surface area contributed by atoms with Crippen LogP contribution >= 0.6 is 0 Å². The number of likely N-dealkylation sites (N-methyl/N-ethyl adjacent to an activating group) is 1. The van der Waals surface area contributed by atoms with Gasteiger partial charge in [-0.05, 0) is 30.7 Å². The molecule has 1 aromatic rings. The minimum Gasteiger partial charge on any atom is -0.353 e. The first-order valence-electron chi connectivity index (χ1n) is 10.9. The summed E-state index contributed by atoms with van der Waals surface area (Å²) in [5, 5.41) is 5.63. The van der Waals surface area contributed by atoms with E-state index in [1.165, 1.54) is 5.56 Å². The molecular formula is C22H33N5O3. The molecule has 2 heterocycles. The first-order valence-corrected chi connectivity index (χ1v) is 10.9. The summed E-state index contributed by atoms with van der Waals surface area (Å²) in [6.07, 6.45) is 0.887. The van der Waals surface area contributed by atoms with Crippen LogP contribution in [0.1, 0.15) is 25.8 Å². The summed E-state index contributed by atoms with van der Waals surface area (Å²) in [6.45, 7) is 9.98. The standard InChI is InChI=1S/C22H33N5O3/c1-3-17-5-7-18(8-6-17)24-20(28)15-19-22(30)23-9-10-27(19)21(29)16-26-13-11-25(4-2)12-14-26/h5-8,19H,3-4,9-16H2,1-2H3,(H,23,30)(H,24,28)/t19-/m0/s1. The zero-order valence-corrected chi connectivity index (χ0v) is 18.0. The number of nitrogens with one attached hydrogen (secondary N) is 2. The maximum atomic E-state index is 12.9. The number of rotatable bonds is 7. The van der Waals surface area contributed by atoms with Gasteiger partial charge >= 0.3 is 0 Å². The fourth-order valence-electron chi connectivity index (χ4n) is 3.97. The van der Waals surface area contributed by atoms with Gasteiger partial charge in [-0.3, -0.25) is 19.3 Å². The van der Waals surface area contributed by atoms with Gasteiger partial charge in [-0.2, -0.15) is 0 Å². The van der Waals surface area contributed by atoms with Crippen LogP contribution in [0.25, 0.3) is 0 Å². The van der Waals surface area contributed by atoms with Gasteiger partial charge < -0.3 is 20.4 Å². The molecule has 8 heteroatoms. The Kier molecular flexibility index (Phi) is 7.81. The predicted octanol–water partition coefficient (Wildman–Crippen LogP) is 0.542. The van der Waals surface area contributed by atoms with Crippen LogP contribution in [0.15, 0.2) is 24.3 Å². The van der Waals surface area contributed by atoms with Crippen molar-refractivity contribution in [1.29, 1.82) is 0 Å². The fraction of sp³-hybridized carbons (Fsp3) is 0.591. The lowest BCUT2D eigenvalue weighted by molar-refractivity contribution is -0.145. The Labute approximate surface area is 178 Å². The van der Waals surface area contributed by atoms with Crippen LogP contribution in [0.2, 0.25) is 0 Å². The number of hydrogen-bond donors (Lipinski definition) is 2. The molecule has 1 atom stereocenters. The lowest BCUT2D eigenvalue weighted by Crippen LogP contribution is -2.60. The maximum Gasteiger partial charge on any atom is 0.243 e. The van der Waals surface area contributed by atoms with Gasteiger partial charge in [-0.15, -0.1) is 0 Å². The average Bonchev–Trinajstić information content (AvgIpc) is 2.76. The van der Waals surface area contributed by atoms with Crippen LogP contribution < -0.4 is 10.6 Å². The molecule has 164 valence electrons. The second kappa shape index (κ2) is 10.5. The minimum absolute atomic E-state index is 0.0449. The fourth-order valence-corrected chi connectivity index (χ4v) is 3.97. The lowest BCUT2D eigenvalue weighted by Gasteiger charge is -2.38. The summed E-state index contributed by atoms with van der Waals surface area (Å²) in [4.78, 5) is 44.0. The summed E-state index contributed by atoms with van der Waals surface area (Å²) in [5.41, 5.74) is 1.89. The third-order valence-corrected chi connectivity index (χ3v) is 5.95. The van der Waals surface area contributed by atoms with Crippen molar-refractivity contribution in [2.45, 2.75) is 32.7 Å². The number of amides is 3. The van der Waals surface area contributed by atoms with E-state index in [1.807, 2.05) is 24.3 Å². The molecule has 0 saturated carbocycles. The third kappa shape index (κ3) is 5.79. The van der Waals surface area contributed by atoms with Crippen molar-refractivity contribution in [1.82, 2.24) is 20.0 Å². The lowest BCUT2D eigenvalue weighted by atomic mass is 10.1. The molecule has 2 N–H and O–H groups in total. The van der Waals surface area contributed by atoms with Gasteiger partial charge in [0.25, 0.3) is 0 Å². The number of nitrogens with zero attached hydrogens (tertiary/aromatic N) is 3. The molecule has 0 bridgehead atoms. The summed E-state index contributed by atoms with van der Waals surface area (Å²) >= 11 is 0. The zero-order valence-electron chi connectivity index (χ0n) is 18.0. The highest BCUT2D eigenvalue weighted by Crippen LogP contribution is 2.14. The Hall–Kier alpha value is -2.45. The number of aryl methyl sites for hydroxylation is 1. The Bertz CT molecular complexity index is 744. The Morgan fingerprint density at radius 2 is 1.70 bits per heavy atom. The van der Waals surface area contributed by atoms with E-state index in [0.717, 1.165) is 39.1 Å². The van der Waals surface area contributed by atoms with Crippen molar-refractivity contribution in [3.8, 4) is 0 Å². The molecular weight excluding hydrogens is 382 g/mol. The number of carbonyl (C=O) groups is 3. The number of anilines is 1. The van der Waals surface area contributed by atoms with Gasteiger partial charge in [0.2, 0.25) is 17.7 Å². The Morgan fingerprint density at radius 3 is 2.33 bits per heavy atom. The normalized spacial score (nSPS) is 20.7. The highest BCUT2D eigenvalue weighted by atomic mass is 16.2. The van der Waals surface area contributed by atoms with Crippen molar-refractivity contribution in [2.75, 3.05) is 57.7 Å². The molecule has 2 fully saturated rings. The largest absolute Gasteiger partial charge is 0.353 e. The van der Waals surface area contributed by atoms with Gasteiger partial charge in [0, 0.05) is 45.0 Å². The number of benzene rings is 1. The molecule has 2 aliphatic heterocycles. The molecule has 0 unspecified atom stereocenters. The van der Waals surface area contributed by atoms with Crippen LogP contribution in [0, 0.1) is 0 Å². The van der Waals surface area contributed by atoms with Crippen molar-refractivity contribution >= 4 is 23.4 Å². The Balaban J connectivity index is 1.57. The molecule has 0 aliphatic carbocycles. The van der Waals surface area contributed by atoms with Gasteiger partial charge in [0.1, 0.15) is 6.04 Å². The highest BCUT2D eigenvalue weighted by Gasteiger charge is 2.35. The second-order valence-corrected chi connectivity index (χ2v) is 7.91. The highest BCUT2D eigenvalue weighted by molar-refractivity contribution is 5.97. The second-order valence-electron chi connectivity index (χ2n) is 7.91. The molecule has 30 heavy (non-hydrogen) atoms. The summed E-state index contributed by atoms with van der Waals surface area (Å²) < 4.78 is 0. The quantitative estimate of drug-likeness (QED) is 0.679. The van der Waals surface area contributed by atoms with E-state index in [4.69, 9.17) is 0 Å². The van der Waals surface area contributed by atoms with E-state index in [2.05, 4.69) is 34.3 Å². The van der Waals surface area contributed by atoms with Crippen molar-refractivity contribution in [3.63, 3.8) is 0 Å². The average molecular weight is 416 g/mol. The van der Waals surface area contributed by atoms with Crippen LogP contribution in [-0.2, 0) is 20.8 Å². The molecule has 8 nitrogen and oxygen atoms in total. The first-order chi connectivity index (χ1) is 14.5. The molecule has 0 radical (unpaired) electrons. The van der Waals surface area contributed by atoms with Gasteiger partial charge in [0.05, 0.1) is 13.0 Å². The van der Waals surface area contributed by atoms with E-state index in [-0.39, 0.29) is 24.1 Å². The van der Waals surface area contributed by atoms with Gasteiger partial charge in [0.15, 0.2) is 0 Å². The van der Waals surface area contributed by atoms with Crippen molar-refractivity contribution in [3.05, 3.63) is 29.8 Å². The Morgan fingerprint density at radius 1 is 1.03 bits per heavy atom. The predicted molar refractivity (Wildman–Crippen MR) is 116 cm³/mol. The maximum absolute atomic E-state index is 12.9. The molecule has 2 aliphatic rings. The molecule has 2 saturated heterocycles. The minimum atomic E-state index is -0.766. The van der Waals surface area contributed by atoms with Crippen LogP contribution in [0.5, 0.6) is 0 Å². The summed E-state index contributed by atoms with van der Waals surface area (Å²) in [6, 6.07) is 6.89. The molecule has 3 amide bonds. The van der Waals surface area contributed by atoms with E-state index in [1.54, 1.807) is 4.90 Å². The van der Waals surface area contributed by atoms with Crippen LogP contribution in [0.3, 0.4) is 0 Å². The molecule has 3 rings (SSSR count). The molecule has 0 aromatic heterocycles. The van der Waals surface area contributed by atoms with E-state index in [0.29, 0.717) is 25.3 Å². The van der Waals surface area contributed by atoms with Gasteiger partial charge in [-0.25, -0.2) is 0 Å². The monoisotopic (exact) mass is 415 g/mol. The first kappa shape index (κ1) is 22.2. The van der Waals surface area contributed by atoms with Crippen LogP contribution in [-0.4, -0.2) is 90.8 Å². The SMILES string of the molecule is CCc1ccc(NC(=O)C[C@H]2C(=O)NCCN2C(=O)CN2CCN(CC)CC2)cc1. The van der Waals surface area contributed by atoms with E-state index < -0.39 is 6.04 Å². The van der Waals surface area contributed by atoms with Crippen molar-refractivity contribution < 1.29 is 14.4 Å². The topological polar surface area (TPSA) is 85.0 Å². The zero-order chi connectivity index (χ0) is 21.5. The van der Waals surface area contributed by atoms with E-state index in [9.17, 15) is 14.4 Å². The van der Waals surface area contributed by atoms with Crippen molar-refractivity contribution in [2.24, 2.45) is 0 Å². The molecule has 0 spiro atoms.